The number of β-amino-alcohol motifs (C(OH)–C–C–N with tert-alkyl or cyclic N) is 2. The predicted octanol–water partition coefficient (Wildman–Crippen LogP) is 6.10. The van der Waals surface area contributed by atoms with Crippen molar-refractivity contribution in [3.8, 4) is 33.6 Å². The van der Waals surface area contributed by atoms with Gasteiger partial charge >= 0.3 is 12.2 Å². The van der Waals surface area contributed by atoms with Gasteiger partial charge in [-0.2, -0.15) is 0 Å². The molecule has 62 heavy (non-hydrogen) atoms. The van der Waals surface area contributed by atoms with Gasteiger partial charge in [0.25, 0.3) is 11.8 Å². The molecule has 6 atom stereocenters. The zero-order valence-electron chi connectivity index (χ0n) is 33.9. The van der Waals surface area contributed by atoms with Gasteiger partial charge in [0.05, 0.1) is 48.1 Å². The minimum Gasteiger partial charge on any atom is -0.465 e. The fourth-order valence-corrected chi connectivity index (χ4v) is 8.49. The van der Waals surface area contributed by atoms with Gasteiger partial charge in [-0.05, 0) is 33.4 Å². The van der Waals surface area contributed by atoms with Gasteiger partial charge in [-0.3, -0.25) is 19.4 Å². The maximum atomic E-state index is 14.0. The minimum atomic E-state index is -1.25. The number of carbonyl (C=O) groups is 4. The average Bonchev–Trinajstić information content (AvgIpc) is 4.11. The molecule has 8 rings (SSSR count). The summed E-state index contributed by atoms with van der Waals surface area (Å²) in [7, 11) is 2.71. The number of likely N-dealkylation sites (tertiary alicyclic amines) is 2. The number of hydrogen-bond donors (Lipinski definition) is 6. The number of rotatable bonds is 11. The van der Waals surface area contributed by atoms with Crippen LogP contribution in [0.4, 0.5) is 9.59 Å². The van der Waals surface area contributed by atoms with E-state index in [0.717, 1.165) is 32.1 Å². The van der Waals surface area contributed by atoms with E-state index < -0.39 is 60.4 Å². The van der Waals surface area contributed by atoms with Gasteiger partial charge in [0.1, 0.15) is 23.7 Å². The van der Waals surface area contributed by atoms with Crippen molar-refractivity contribution in [2.45, 2.75) is 49.2 Å². The predicted molar refractivity (Wildman–Crippen MR) is 227 cm³/mol. The second-order valence-electron chi connectivity index (χ2n) is 15.7. The number of amides is 4. The van der Waals surface area contributed by atoms with Gasteiger partial charge in [-0.15, -0.1) is 0 Å². The Morgan fingerprint density at radius 1 is 0.565 bits per heavy atom. The number of aliphatic hydroxyl groups excluding tert-OH is 2. The Hall–Kier alpha value is -7.30. The first-order chi connectivity index (χ1) is 29.9. The first-order valence-electron chi connectivity index (χ1n) is 20.2. The molecule has 2 aromatic heterocycles. The summed E-state index contributed by atoms with van der Waals surface area (Å²) < 4.78 is 0. The lowest BCUT2D eigenvalue weighted by atomic mass is 10.0. The van der Waals surface area contributed by atoms with Crippen LogP contribution >= 0.6 is 0 Å². The van der Waals surface area contributed by atoms with Crippen molar-refractivity contribution in [3.05, 3.63) is 144 Å². The van der Waals surface area contributed by atoms with Crippen LogP contribution < -0.4 is 0 Å². The lowest BCUT2D eigenvalue weighted by Crippen LogP contribution is -2.43. The summed E-state index contributed by atoms with van der Waals surface area (Å²) in [6.07, 6.45) is -0.253. The Morgan fingerprint density at radius 3 is 1.24 bits per heavy atom. The second kappa shape index (κ2) is 17.4. The number of H-pyrrole nitrogens is 2. The zero-order chi connectivity index (χ0) is 43.7. The van der Waals surface area contributed by atoms with E-state index in [0.29, 0.717) is 34.2 Å². The van der Waals surface area contributed by atoms with Crippen LogP contribution in [-0.2, 0) is 9.59 Å². The van der Waals surface area contributed by atoms with E-state index in [1.807, 2.05) is 48.5 Å². The Bertz CT molecular complexity index is 2370. The molecule has 2 saturated heterocycles. The van der Waals surface area contributed by atoms with Crippen molar-refractivity contribution in [2.24, 2.45) is 0 Å². The van der Waals surface area contributed by atoms with Gasteiger partial charge in [0.2, 0.25) is 0 Å². The number of aromatic amines is 2. The van der Waals surface area contributed by atoms with Crippen LogP contribution in [0.3, 0.4) is 0 Å². The average molecular weight is 839 g/mol. The highest BCUT2D eigenvalue weighted by molar-refractivity contribution is 5.88. The third-order valence-corrected chi connectivity index (χ3v) is 11.7. The Kier molecular flexibility index (Phi) is 11.6. The molecule has 6 aromatic rings. The molecule has 4 aromatic carbocycles. The Morgan fingerprint density at radius 2 is 0.903 bits per heavy atom. The summed E-state index contributed by atoms with van der Waals surface area (Å²) in [5, 5.41) is 41.0. The van der Waals surface area contributed by atoms with Gasteiger partial charge in [0, 0.05) is 40.0 Å². The van der Waals surface area contributed by atoms with Crippen LogP contribution in [-0.4, -0.2) is 123 Å². The first kappa shape index (κ1) is 41.4. The van der Waals surface area contributed by atoms with E-state index in [-0.39, 0.29) is 25.9 Å². The molecule has 2 aliphatic rings. The van der Waals surface area contributed by atoms with E-state index in [9.17, 15) is 39.6 Å². The van der Waals surface area contributed by atoms with Crippen LogP contribution in [0.1, 0.15) is 59.8 Å². The van der Waals surface area contributed by atoms with Crippen LogP contribution in [0, 0.1) is 0 Å². The summed E-state index contributed by atoms with van der Waals surface area (Å²) in [5.41, 5.74) is 6.11. The summed E-state index contributed by atoms with van der Waals surface area (Å²) in [6.45, 7) is 0.0821. The highest BCUT2D eigenvalue weighted by atomic mass is 16.4. The molecule has 4 heterocycles. The number of aromatic nitrogens is 4. The molecule has 0 unspecified atom stereocenters. The number of aliphatic hydroxyl groups is 2. The SMILES string of the molecule is CN(C(=O)O)[C@@H](C(=O)N1C[C@@H](O)C[C@H]1c1ncc(-c2ccc(-c3ccc(-c4cnc([C@@H]5C[C@H](O)CN5C(=O)[C@@H](c5ccccc5)N(C)C(=O)O)[nH]4)cc3)cc2)[nH]1)c1ccccc1. The first-order valence-corrected chi connectivity index (χ1v) is 20.2. The highest BCUT2D eigenvalue weighted by Gasteiger charge is 2.43. The molecular weight excluding hydrogens is 793 g/mol. The van der Waals surface area contributed by atoms with Crippen LogP contribution in [0.2, 0.25) is 0 Å². The Labute approximate surface area is 356 Å². The third kappa shape index (κ3) is 8.25. The summed E-state index contributed by atoms with van der Waals surface area (Å²) in [5.74, 6) is 0.0797. The normalized spacial score (nSPS) is 19.5. The molecule has 0 bridgehead atoms. The molecule has 4 amide bonds. The van der Waals surface area contributed by atoms with Crippen molar-refractivity contribution >= 4 is 24.0 Å². The summed E-state index contributed by atoms with van der Waals surface area (Å²) >= 11 is 0. The standard InChI is InChI=1S/C46H46N8O8/c1-51(45(59)60)39(31-9-5-3-6-10-31)43(57)53-25-33(55)21-37(53)41-47-23-35(49-41)29-17-13-27(14-18-29)28-15-19-30(20-16-28)36-24-48-42(50-36)38-22-34(56)26-54(38)44(58)40(52(2)46(61)62)32-11-7-4-8-12-32/h3-20,23-24,33-34,37-40,55-56H,21-22,25-26H2,1-2H3,(H,47,49)(H,48,50)(H,59,60)(H,61,62)/t33-,34-,37-,38-,39+,40+/m0/s1. The van der Waals surface area contributed by atoms with Crippen molar-refractivity contribution in [3.63, 3.8) is 0 Å². The van der Waals surface area contributed by atoms with Gasteiger partial charge in [-0.1, -0.05) is 109 Å². The minimum absolute atomic E-state index is 0.0410. The molecule has 2 aliphatic heterocycles. The lowest BCUT2D eigenvalue weighted by molar-refractivity contribution is -0.138. The molecule has 0 saturated carbocycles. The molecule has 0 radical (unpaired) electrons. The van der Waals surface area contributed by atoms with Gasteiger partial charge in [-0.25, -0.2) is 19.6 Å². The summed E-state index contributed by atoms with van der Waals surface area (Å²) in [4.78, 5) is 72.8. The second-order valence-corrected chi connectivity index (χ2v) is 15.7. The smallest absolute Gasteiger partial charge is 0.407 e. The van der Waals surface area contributed by atoms with E-state index in [2.05, 4.69) is 19.9 Å². The van der Waals surface area contributed by atoms with Gasteiger partial charge < -0.3 is 40.2 Å². The zero-order valence-corrected chi connectivity index (χ0v) is 33.9. The van der Waals surface area contributed by atoms with E-state index in [4.69, 9.17) is 0 Å². The summed E-state index contributed by atoms with van der Waals surface area (Å²) in [6, 6.07) is 29.8. The number of nitrogens with one attached hydrogen (secondary N) is 2. The fraction of sp³-hybridized carbons (Fsp3) is 0.261. The fourth-order valence-electron chi connectivity index (χ4n) is 8.49. The monoisotopic (exact) mass is 838 g/mol. The molecule has 16 nitrogen and oxygen atoms in total. The van der Waals surface area contributed by atoms with E-state index in [1.165, 1.54) is 23.9 Å². The molecule has 0 aliphatic carbocycles. The van der Waals surface area contributed by atoms with Crippen molar-refractivity contribution in [1.82, 2.24) is 39.5 Å². The lowest BCUT2D eigenvalue weighted by Gasteiger charge is -2.31. The number of benzene rings is 4. The number of nitrogens with zero attached hydrogens (tertiary/aromatic N) is 6. The third-order valence-electron chi connectivity index (χ3n) is 11.7. The molecule has 0 spiro atoms. The van der Waals surface area contributed by atoms with E-state index >= 15 is 0 Å². The molecule has 16 heteroatoms. The van der Waals surface area contributed by atoms with Crippen molar-refractivity contribution < 1.29 is 39.6 Å². The van der Waals surface area contributed by atoms with Crippen LogP contribution in [0.5, 0.6) is 0 Å². The maximum absolute atomic E-state index is 14.0. The number of carboxylic acid groups (broad SMARTS) is 2. The molecule has 6 N–H and O–H groups in total. The van der Waals surface area contributed by atoms with Gasteiger partial charge in [0.15, 0.2) is 0 Å². The highest BCUT2D eigenvalue weighted by Crippen LogP contribution is 2.38. The van der Waals surface area contributed by atoms with Crippen LogP contribution in [0.25, 0.3) is 33.6 Å². The molecule has 318 valence electrons. The van der Waals surface area contributed by atoms with E-state index in [1.54, 1.807) is 73.1 Å². The topological polar surface area (TPSA) is 220 Å². The Balaban J connectivity index is 0.954. The maximum Gasteiger partial charge on any atom is 0.407 e. The molecular formula is C46H46N8O8. The van der Waals surface area contributed by atoms with Crippen molar-refractivity contribution in [2.75, 3.05) is 27.2 Å². The number of hydrogen-bond acceptors (Lipinski definition) is 8. The van der Waals surface area contributed by atoms with Crippen LogP contribution in [0.15, 0.2) is 122 Å². The van der Waals surface area contributed by atoms with Crippen molar-refractivity contribution in [1.29, 1.82) is 0 Å². The quantitative estimate of drug-likeness (QED) is 0.0880. The largest absolute Gasteiger partial charge is 0.465 e. The number of carbonyl (C=O) groups excluding carboxylic acids is 2. The number of imidazole rings is 2. The number of likely N-dealkylation sites (N-methyl/N-ethyl adjacent to an activating group) is 2. The molecule has 2 fully saturated rings.